The molecule has 0 spiro atoms. The number of carbonyl (C=O) groups is 1. The van der Waals surface area contributed by atoms with Crippen LogP contribution in [0.3, 0.4) is 0 Å². The van der Waals surface area contributed by atoms with Gasteiger partial charge in [-0.15, -0.1) is 0 Å². The van der Waals surface area contributed by atoms with Crippen molar-refractivity contribution in [3.63, 3.8) is 0 Å². The predicted octanol–water partition coefficient (Wildman–Crippen LogP) is 2.07. The van der Waals surface area contributed by atoms with Gasteiger partial charge in [0, 0.05) is 43.5 Å². The van der Waals surface area contributed by atoms with E-state index in [9.17, 15) is 4.79 Å². The topological polar surface area (TPSA) is 32.3 Å². The van der Waals surface area contributed by atoms with Gasteiger partial charge in [0.1, 0.15) is 0 Å². The van der Waals surface area contributed by atoms with Crippen LogP contribution in [0.5, 0.6) is 0 Å². The highest BCUT2D eigenvalue weighted by Crippen LogP contribution is 2.35. The minimum Gasteiger partial charge on any atom is -0.384 e. The molecule has 0 aliphatic carbocycles. The van der Waals surface area contributed by atoms with E-state index in [2.05, 4.69) is 23.3 Å². The summed E-state index contributed by atoms with van der Waals surface area (Å²) in [5.41, 5.74) is 4.48. The molecule has 2 aliphatic heterocycles. The number of Topliss-reactive ketones (excluding diaryl/α,β-unsaturated/α-hetero) is 1. The van der Waals surface area contributed by atoms with Crippen molar-refractivity contribution in [2.24, 2.45) is 0 Å². The summed E-state index contributed by atoms with van der Waals surface area (Å²) < 4.78 is 0. The maximum Gasteiger partial charge on any atom is 0.167 e. The standard InChI is InChI=1S/C13H16N2O/c1-15-8-2-3-9-11(15)5-4-10-13(9)12(16)6-7-14-10/h4-5,14H,2-3,6-8H2,1H3. The molecule has 84 valence electrons. The van der Waals surface area contributed by atoms with Crippen LogP contribution in [0.15, 0.2) is 12.1 Å². The molecule has 0 atom stereocenters. The molecular weight excluding hydrogens is 200 g/mol. The number of rotatable bonds is 0. The predicted molar refractivity (Wildman–Crippen MR) is 65.5 cm³/mol. The highest BCUT2D eigenvalue weighted by Gasteiger charge is 2.25. The number of carbonyl (C=O) groups excluding carboxylic acids is 1. The zero-order valence-corrected chi connectivity index (χ0v) is 9.55. The number of benzene rings is 1. The van der Waals surface area contributed by atoms with E-state index < -0.39 is 0 Å². The van der Waals surface area contributed by atoms with Crippen molar-refractivity contribution < 1.29 is 4.79 Å². The third kappa shape index (κ3) is 1.31. The van der Waals surface area contributed by atoms with Gasteiger partial charge in [-0.2, -0.15) is 0 Å². The molecular formula is C13H16N2O. The molecule has 1 aromatic rings. The number of fused-ring (bicyclic) bond motifs is 3. The summed E-state index contributed by atoms with van der Waals surface area (Å²) in [6.07, 6.45) is 2.82. The van der Waals surface area contributed by atoms with Crippen molar-refractivity contribution in [1.82, 2.24) is 0 Å². The molecule has 1 aromatic carbocycles. The fourth-order valence-electron chi connectivity index (χ4n) is 2.76. The van der Waals surface area contributed by atoms with E-state index >= 15 is 0 Å². The number of hydrogen-bond donors (Lipinski definition) is 1. The Morgan fingerprint density at radius 2 is 2.19 bits per heavy atom. The molecule has 1 N–H and O–H groups in total. The molecule has 0 aromatic heterocycles. The molecule has 3 heteroatoms. The lowest BCUT2D eigenvalue weighted by molar-refractivity contribution is 0.0982. The van der Waals surface area contributed by atoms with Crippen molar-refractivity contribution in [2.75, 3.05) is 30.4 Å². The Kier molecular flexibility index (Phi) is 2.13. The van der Waals surface area contributed by atoms with Gasteiger partial charge in [0.15, 0.2) is 5.78 Å². The molecule has 0 saturated carbocycles. The second-order valence-electron chi connectivity index (χ2n) is 4.61. The number of nitrogens with zero attached hydrogens (tertiary/aromatic N) is 1. The first-order valence-corrected chi connectivity index (χ1v) is 5.91. The van der Waals surface area contributed by atoms with Gasteiger partial charge in [0.2, 0.25) is 0 Å². The Bertz CT molecular complexity index is 453. The van der Waals surface area contributed by atoms with Gasteiger partial charge >= 0.3 is 0 Å². The molecule has 2 heterocycles. The molecule has 0 fully saturated rings. The Hall–Kier alpha value is -1.51. The van der Waals surface area contributed by atoms with Crippen LogP contribution in [0.25, 0.3) is 0 Å². The van der Waals surface area contributed by atoms with Crippen LogP contribution in [0, 0.1) is 0 Å². The third-order valence-corrected chi connectivity index (χ3v) is 3.57. The number of anilines is 2. The molecule has 3 rings (SSSR count). The lowest BCUT2D eigenvalue weighted by atomic mass is 9.90. The smallest absolute Gasteiger partial charge is 0.167 e. The average molecular weight is 216 g/mol. The second-order valence-corrected chi connectivity index (χ2v) is 4.61. The fourth-order valence-corrected chi connectivity index (χ4v) is 2.76. The van der Waals surface area contributed by atoms with Gasteiger partial charge < -0.3 is 10.2 Å². The van der Waals surface area contributed by atoms with E-state index in [4.69, 9.17) is 0 Å². The summed E-state index contributed by atoms with van der Waals surface area (Å²) in [5, 5.41) is 3.32. The Labute approximate surface area is 95.4 Å². The number of nitrogens with one attached hydrogen (secondary N) is 1. The molecule has 2 aliphatic rings. The summed E-state index contributed by atoms with van der Waals surface area (Å²) >= 11 is 0. The largest absolute Gasteiger partial charge is 0.384 e. The first-order valence-electron chi connectivity index (χ1n) is 5.91. The molecule has 0 amide bonds. The summed E-state index contributed by atoms with van der Waals surface area (Å²) in [7, 11) is 2.10. The van der Waals surface area contributed by atoms with E-state index in [1.165, 1.54) is 11.3 Å². The lowest BCUT2D eigenvalue weighted by Crippen LogP contribution is -2.28. The van der Waals surface area contributed by atoms with Gasteiger partial charge in [0.05, 0.1) is 0 Å². The summed E-state index contributed by atoms with van der Waals surface area (Å²) in [4.78, 5) is 14.3. The quantitative estimate of drug-likeness (QED) is 0.720. The molecule has 0 unspecified atom stereocenters. The summed E-state index contributed by atoms with van der Waals surface area (Å²) in [6, 6.07) is 4.19. The van der Waals surface area contributed by atoms with E-state index in [0.717, 1.165) is 37.2 Å². The van der Waals surface area contributed by atoms with Gasteiger partial charge in [-0.1, -0.05) is 0 Å². The van der Waals surface area contributed by atoms with Crippen LogP contribution in [-0.4, -0.2) is 25.9 Å². The van der Waals surface area contributed by atoms with Crippen LogP contribution < -0.4 is 10.2 Å². The minimum atomic E-state index is 0.306. The summed E-state index contributed by atoms with van der Waals surface area (Å²) in [5.74, 6) is 0.306. The van der Waals surface area contributed by atoms with E-state index in [-0.39, 0.29) is 0 Å². The van der Waals surface area contributed by atoms with E-state index in [0.29, 0.717) is 12.2 Å². The van der Waals surface area contributed by atoms with E-state index in [1.54, 1.807) is 0 Å². The van der Waals surface area contributed by atoms with Crippen molar-refractivity contribution in [1.29, 1.82) is 0 Å². The van der Waals surface area contributed by atoms with E-state index in [1.807, 2.05) is 6.07 Å². The zero-order chi connectivity index (χ0) is 11.1. The van der Waals surface area contributed by atoms with Crippen molar-refractivity contribution in [3.05, 3.63) is 23.3 Å². The Morgan fingerprint density at radius 3 is 3.06 bits per heavy atom. The molecule has 0 radical (unpaired) electrons. The normalized spacial score (nSPS) is 18.8. The molecule has 0 saturated heterocycles. The molecule has 0 bridgehead atoms. The van der Waals surface area contributed by atoms with Gasteiger partial charge in [-0.25, -0.2) is 0 Å². The highest BCUT2D eigenvalue weighted by atomic mass is 16.1. The first kappa shape index (κ1) is 9.70. The van der Waals surface area contributed by atoms with Crippen molar-refractivity contribution >= 4 is 17.2 Å². The minimum absolute atomic E-state index is 0.306. The van der Waals surface area contributed by atoms with Gasteiger partial charge in [0.25, 0.3) is 0 Å². The molecule has 3 nitrogen and oxygen atoms in total. The maximum absolute atomic E-state index is 12.0. The van der Waals surface area contributed by atoms with Crippen molar-refractivity contribution in [3.8, 4) is 0 Å². The highest BCUT2D eigenvalue weighted by molar-refractivity contribution is 6.05. The monoisotopic (exact) mass is 216 g/mol. The van der Waals surface area contributed by atoms with Crippen molar-refractivity contribution in [2.45, 2.75) is 19.3 Å². The SMILES string of the molecule is CN1CCCc2c1ccc1c2C(=O)CCN1. The van der Waals surface area contributed by atoms with Crippen LogP contribution in [0.2, 0.25) is 0 Å². The fraction of sp³-hybridized carbons (Fsp3) is 0.462. The molecule has 16 heavy (non-hydrogen) atoms. The van der Waals surface area contributed by atoms with Crippen LogP contribution >= 0.6 is 0 Å². The summed E-state index contributed by atoms with van der Waals surface area (Å²) in [6.45, 7) is 1.87. The Balaban J connectivity index is 2.20. The first-order chi connectivity index (χ1) is 7.77. The second kappa shape index (κ2) is 3.51. The average Bonchev–Trinajstić information content (AvgIpc) is 2.29. The van der Waals surface area contributed by atoms with Gasteiger partial charge in [-0.3, -0.25) is 4.79 Å². The lowest BCUT2D eigenvalue weighted by Gasteiger charge is -2.31. The zero-order valence-electron chi connectivity index (χ0n) is 9.55. The van der Waals surface area contributed by atoms with Gasteiger partial charge in [-0.05, 0) is 30.5 Å². The third-order valence-electron chi connectivity index (χ3n) is 3.57. The number of hydrogen-bond acceptors (Lipinski definition) is 3. The Morgan fingerprint density at radius 1 is 1.31 bits per heavy atom. The van der Waals surface area contributed by atoms with Crippen LogP contribution in [0.4, 0.5) is 11.4 Å². The van der Waals surface area contributed by atoms with Crippen LogP contribution in [-0.2, 0) is 6.42 Å². The maximum atomic E-state index is 12.0. The number of ketones is 1. The van der Waals surface area contributed by atoms with Crippen LogP contribution in [0.1, 0.15) is 28.8 Å².